The van der Waals surface area contributed by atoms with Crippen molar-refractivity contribution in [2.75, 3.05) is 26.2 Å². The summed E-state index contributed by atoms with van der Waals surface area (Å²) in [5.41, 5.74) is 0.145. The standard InChI is InChI=1S/C14H18BrFN2O/c1-3-17-7-8-18(9-10(17)2)14(19)11-5-4-6-12(15)13(11)16/h4-6,10H,3,7-9H2,1-2H3. The Morgan fingerprint density at radius 2 is 2.21 bits per heavy atom. The normalized spacial score (nSPS) is 20.6. The van der Waals surface area contributed by atoms with Gasteiger partial charge in [0.05, 0.1) is 10.0 Å². The molecule has 1 saturated heterocycles. The highest BCUT2D eigenvalue weighted by atomic mass is 79.9. The van der Waals surface area contributed by atoms with Crippen LogP contribution >= 0.6 is 15.9 Å². The van der Waals surface area contributed by atoms with E-state index >= 15 is 0 Å². The molecule has 0 radical (unpaired) electrons. The molecule has 2 rings (SSSR count). The quantitative estimate of drug-likeness (QED) is 0.833. The Balaban J connectivity index is 2.15. The highest BCUT2D eigenvalue weighted by Crippen LogP contribution is 2.21. The molecule has 0 saturated carbocycles. The molecule has 1 heterocycles. The molecule has 19 heavy (non-hydrogen) atoms. The molecular formula is C14H18BrFN2O. The van der Waals surface area contributed by atoms with Crippen LogP contribution in [0.3, 0.4) is 0 Å². The molecule has 1 aliphatic rings. The molecule has 1 aromatic rings. The smallest absolute Gasteiger partial charge is 0.256 e. The van der Waals surface area contributed by atoms with Crippen LogP contribution in [-0.4, -0.2) is 47.9 Å². The van der Waals surface area contributed by atoms with Crippen molar-refractivity contribution < 1.29 is 9.18 Å². The molecule has 0 aliphatic carbocycles. The van der Waals surface area contributed by atoms with E-state index in [2.05, 4.69) is 34.7 Å². The number of hydrogen-bond acceptors (Lipinski definition) is 2. The lowest BCUT2D eigenvalue weighted by Crippen LogP contribution is -2.53. The van der Waals surface area contributed by atoms with Gasteiger partial charge >= 0.3 is 0 Å². The predicted octanol–water partition coefficient (Wildman–Crippen LogP) is 2.75. The summed E-state index contributed by atoms with van der Waals surface area (Å²) < 4.78 is 14.3. The molecule has 3 nitrogen and oxygen atoms in total. The monoisotopic (exact) mass is 328 g/mol. The van der Waals surface area contributed by atoms with Crippen LogP contribution in [0.2, 0.25) is 0 Å². The van der Waals surface area contributed by atoms with Crippen LogP contribution in [0.15, 0.2) is 22.7 Å². The zero-order valence-electron chi connectivity index (χ0n) is 11.2. The van der Waals surface area contributed by atoms with Gasteiger partial charge in [0, 0.05) is 25.7 Å². The second-order valence-corrected chi connectivity index (χ2v) is 5.68. The fourth-order valence-corrected chi connectivity index (χ4v) is 2.86. The summed E-state index contributed by atoms with van der Waals surface area (Å²) in [5.74, 6) is -0.695. The third kappa shape index (κ3) is 2.98. The first-order valence-corrected chi connectivity index (χ1v) is 7.31. The lowest BCUT2D eigenvalue weighted by Gasteiger charge is -2.39. The Kier molecular flexibility index (Phi) is 4.58. The van der Waals surface area contributed by atoms with Gasteiger partial charge in [-0.15, -0.1) is 0 Å². The fraction of sp³-hybridized carbons (Fsp3) is 0.500. The van der Waals surface area contributed by atoms with Gasteiger partial charge in [-0.05, 0) is 41.5 Å². The number of carbonyl (C=O) groups is 1. The van der Waals surface area contributed by atoms with Crippen molar-refractivity contribution >= 4 is 21.8 Å². The van der Waals surface area contributed by atoms with E-state index in [-0.39, 0.29) is 11.5 Å². The van der Waals surface area contributed by atoms with E-state index in [0.29, 0.717) is 23.6 Å². The maximum absolute atomic E-state index is 13.9. The first-order valence-electron chi connectivity index (χ1n) is 6.52. The number of piperazine rings is 1. The van der Waals surface area contributed by atoms with Crippen LogP contribution in [0.1, 0.15) is 24.2 Å². The van der Waals surface area contributed by atoms with Crippen molar-refractivity contribution in [1.29, 1.82) is 0 Å². The van der Waals surface area contributed by atoms with Crippen LogP contribution in [0, 0.1) is 5.82 Å². The Hall–Kier alpha value is -0.940. The van der Waals surface area contributed by atoms with E-state index in [1.165, 1.54) is 0 Å². The van der Waals surface area contributed by atoms with Crippen LogP contribution < -0.4 is 0 Å². The van der Waals surface area contributed by atoms with E-state index in [1.54, 1.807) is 23.1 Å². The second-order valence-electron chi connectivity index (χ2n) is 4.83. The topological polar surface area (TPSA) is 23.6 Å². The van der Waals surface area contributed by atoms with Gasteiger partial charge in [0.2, 0.25) is 0 Å². The van der Waals surface area contributed by atoms with E-state index < -0.39 is 5.82 Å². The summed E-state index contributed by atoms with van der Waals surface area (Å²) in [7, 11) is 0. The zero-order valence-corrected chi connectivity index (χ0v) is 12.8. The number of hydrogen-bond donors (Lipinski definition) is 0. The maximum Gasteiger partial charge on any atom is 0.256 e. The molecule has 1 aromatic carbocycles. The Labute approximate surface area is 121 Å². The molecule has 1 fully saturated rings. The van der Waals surface area contributed by atoms with Crippen LogP contribution in [-0.2, 0) is 0 Å². The number of nitrogens with zero attached hydrogens (tertiary/aromatic N) is 2. The van der Waals surface area contributed by atoms with Crippen LogP contribution in [0.4, 0.5) is 4.39 Å². The van der Waals surface area contributed by atoms with Gasteiger partial charge in [-0.1, -0.05) is 13.0 Å². The van der Waals surface area contributed by atoms with Crippen molar-refractivity contribution in [3.05, 3.63) is 34.1 Å². The predicted molar refractivity (Wildman–Crippen MR) is 76.7 cm³/mol. The first-order chi connectivity index (χ1) is 9.04. The Morgan fingerprint density at radius 1 is 1.47 bits per heavy atom. The molecule has 1 aliphatic heterocycles. The van der Waals surface area contributed by atoms with Gasteiger partial charge in [0.15, 0.2) is 0 Å². The van der Waals surface area contributed by atoms with E-state index in [1.807, 2.05) is 0 Å². The van der Waals surface area contributed by atoms with Crippen molar-refractivity contribution in [3.63, 3.8) is 0 Å². The molecule has 104 valence electrons. The third-order valence-corrected chi connectivity index (χ3v) is 4.25. The minimum atomic E-state index is -0.474. The van der Waals surface area contributed by atoms with Crippen LogP contribution in [0.5, 0.6) is 0 Å². The van der Waals surface area contributed by atoms with Gasteiger partial charge < -0.3 is 4.90 Å². The summed E-state index contributed by atoms with van der Waals surface area (Å²) in [5, 5.41) is 0. The minimum Gasteiger partial charge on any atom is -0.336 e. The second kappa shape index (κ2) is 6.01. The van der Waals surface area contributed by atoms with Gasteiger partial charge in [-0.25, -0.2) is 4.39 Å². The lowest BCUT2D eigenvalue weighted by atomic mass is 10.1. The number of carbonyl (C=O) groups excluding carboxylic acids is 1. The summed E-state index contributed by atoms with van der Waals surface area (Å²) in [6.07, 6.45) is 0. The average Bonchev–Trinajstić information content (AvgIpc) is 2.41. The summed E-state index contributed by atoms with van der Waals surface area (Å²) in [4.78, 5) is 16.4. The average molecular weight is 329 g/mol. The summed E-state index contributed by atoms with van der Waals surface area (Å²) in [6.45, 7) is 7.34. The molecule has 0 aromatic heterocycles. The molecule has 5 heteroatoms. The van der Waals surface area contributed by atoms with Crippen molar-refractivity contribution in [3.8, 4) is 0 Å². The highest BCUT2D eigenvalue weighted by molar-refractivity contribution is 9.10. The minimum absolute atomic E-state index is 0.145. The molecule has 0 N–H and O–H groups in total. The first kappa shape index (κ1) is 14.5. The fourth-order valence-electron chi connectivity index (χ4n) is 2.49. The van der Waals surface area contributed by atoms with Crippen molar-refractivity contribution in [2.45, 2.75) is 19.9 Å². The van der Waals surface area contributed by atoms with Crippen LogP contribution in [0.25, 0.3) is 0 Å². The van der Waals surface area contributed by atoms with Gasteiger partial charge in [-0.3, -0.25) is 9.69 Å². The SMILES string of the molecule is CCN1CCN(C(=O)c2cccc(Br)c2F)CC1C. The number of benzene rings is 1. The summed E-state index contributed by atoms with van der Waals surface area (Å²) in [6, 6.07) is 5.15. The Morgan fingerprint density at radius 3 is 2.84 bits per heavy atom. The molecule has 1 amide bonds. The molecular weight excluding hydrogens is 311 g/mol. The largest absolute Gasteiger partial charge is 0.336 e. The van der Waals surface area contributed by atoms with E-state index in [4.69, 9.17) is 0 Å². The molecule has 1 unspecified atom stereocenters. The number of likely N-dealkylation sites (N-methyl/N-ethyl adjacent to an activating group) is 1. The molecule has 0 spiro atoms. The Bertz CT molecular complexity index is 481. The maximum atomic E-state index is 13.9. The number of rotatable bonds is 2. The molecule has 0 bridgehead atoms. The summed E-state index contributed by atoms with van der Waals surface area (Å²) >= 11 is 3.12. The number of halogens is 2. The van der Waals surface area contributed by atoms with Crippen molar-refractivity contribution in [2.24, 2.45) is 0 Å². The van der Waals surface area contributed by atoms with Gasteiger partial charge in [-0.2, -0.15) is 0 Å². The number of amides is 1. The lowest BCUT2D eigenvalue weighted by molar-refractivity contribution is 0.0524. The van der Waals surface area contributed by atoms with Gasteiger partial charge in [0.1, 0.15) is 5.82 Å². The van der Waals surface area contributed by atoms with Gasteiger partial charge in [0.25, 0.3) is 5.91 Å². The van der Waals surface area contributed by atoms with Crippen molar-refractivity contribution in [1.82, 2.24) is 9.80 Å². The van der Waals surface area contributed by atoms with E-state index in [0.717, 1.165) is 13.1 Å². The molecule has 1 atom stereocenters. The van der Waals surface area contributed by atoms with E-state index in [9.17, 15) is 9.18 Å². The third-order valence-electron chi connectivity index (χ3n) is 3.64. The zero-order chi connectivity index (χ0) is 14.0. The highest BCUT2D eigenvalue weighted by Gasteiger charge is 2.27.